The third-order valence-electron chi connectivity index (χ3n) is 16.9. The summed E-state index contributed by atoms with van der Waals surface area (Å²) in [6.45, 7) is -1.79. The van der Waals surface area contributed by atoms with Crippen LogP contribution in [0, 0.1) is 0 Å². The van der Waals surface area contributed by atoms with Crippen LogP contribution in [-0.2, 0) is 11.3 Å². The molecule has 0 amide bonds. The molecule has 10 aliphatic heterocycles. The summed E-state index contributed by atoms with van der Waals surface area (Å²) < 4.78 is 0.355. The predicted octanol–water partition coefficient (Wildman–Crippen LogP) is 4.98. The number of benzene rings is 1. The van der Waals surface area contributed by atoms with Crippen LogP contribution in [0.3, 0.4) is 0 Å². The molecule has 0 N–H and O–H groups in total. The Morgan fingerprint density at radius 1 is 0.913 bits per heavy atom. The molecule has 8 unspecified atom stereocenters. The normalized spacial score (nSPS) is 94.0. The minimum absolute atomic E-state index is 0.139. The Hall–Kier alpha value is -0.921. The van der Waals surface area contributed by atoms with Gasteiger partial charge in [0.1, 0.15) is 0 Å². The summed E-state index contributed by atoms with van der Waals surface area (Å²) in [5.41, 5.74) is 0.972. The van der Waals surface area contributed by atoms with E-state index in [4.69, 9.17) is 0 Å². The van der Waals surface area contributed by atoms with E-state index in [0.29, 0.717) is 11.6 Å². The van der Waals surface area contributed by atoms with Crippen LogP contribution in [0.15, 0.2) is 30.3 Å². The molecule has 2 nitrogen and oxygen atoms in total. The molecule has 10 saturated heterocycles. The van der Waals surface area contributed by atoms with Gasteiger partial charge >= 0.3 is 124 Å². The summed E-state index contributed by atoms with van der Waals surface area (Å²) in [6.07, 6.45) is 0.743. The van der Waals surface area contributed by atoms with Crippen molar-refractivity contribution in [1.29, 1.82) is 0 Å². The molecule has 0 aliphatic carbocycles. The van der Waals surface area contributed by atoms with Gasteiger partial charge < -0.3 is 0 Å². The van der Waals surface area contributed by atoms with Crippen LogP contribution >= 0.6 is 0 Å². The average molecular weight is 346 g/mol. The first-order chi connectivity index (χ1) is 10.9. The van der Waals surface area contributed by atoms with Crippen LogP contribution in [0.25, 0.3) is 0 Å². The van der Waals surface area contributed by atoms with Crippen LogP contribution in [-0.4, -0.2) is 11.6 Å². The average Bonchev–Trinajstić information content (AvgIpc) is 3.54. The van der Waals surface area contributed by atoms with Gasteiger partial charge in [-0.25, -0.2) is 0 Å². The minimum atomic E-state index is -3.88. The standard InChI is InChI=1S/C12H9O.C8H9O.Fe/c13-12(11-8-4-5-9-11)10-6-2-1-3-7-10;1-2-8(9)7-5-3-4-6-7;/h1-9H;3-6H,2H2,1H3;. The van der Waals surface area contributed by atoms with E-state index in [2.05, 4.69) is 6.92 Å². The number of hydrogen-bond donors (Lipinski definition) is 0. The second-order valence-electron chi connectivity index (χ2n) is 12.2. The zero-order chi connectivity index (χ0) is 14.9. The number of carbonyl (C=O) groups is 2. The molecular formula is C20H18FeO2. The Kier molecular flexibility index (Phi) is 0.390. The van der Waals surface area contributed by atoms with Crippen LogP contribution in [0.2, 0.25) is 47.2 Å². The van der Waals surface area contributed by atoms with E-state index in [1.165, 1.54) is 0 Å². The molecule has 0 radical (unpaired) electrons. The number of ketones is 2. The zero-order valence-electron chi connectivity index (χ0n) is 12.9. The summed E-state index contributed by atoms with van der Waals surface area (Å²) in [5, 5.41) is 0. The van der Waals surface area contributed by atoms with Crippen molar-refractivity contribution in [3.05, 3.63) is 35.9 Å². The topological polar surface area (TPSA) is 34.1 Å². The molecule has 10 heterocycles. The van der Waals surface area contributed by atoms with E-state index in [1.807, 2.05) is 30.3 Å². The van der Waals surface area contributed by atoms with Crippen molar-refractivity contribution >= 4 is 11.6 Å². The van der Waals surface area contributed by atoms with Crippen LogP contribution < -0.4 is 0 Å². The van der Waals surface area contributed by atoms with Crippen LogP contribution in [0.5, 0.6) is 0 Å². The van der Waals surface area contributed by atoms with Crippen LogP contribution in [0.4, 0.5) is 0 Å². The number of hydrogen-bond acceptors (Lipinski definition) is 2. The number of fused-ring (bicyclic) bond motifs is 10. The third-order valence-corrected chi connectivity index (χ3v) is 59.7. The Balaban J connectivity index is 1.37. The Bertz CT molecular complexity index is 1380. The molecule has 23 heavy (non-hydrogen) atoms. The molecule has 10 fully saturated rings. The van der Waals surface area contributed by atoms with Gasteiger partial charge in [0.2, 0.25) is 0 Å². The van der Waals surface area contributed by atoms with Gasteiger partial charge in [-0.1, -0.05) is 0 Å². The Morgan fingerprint density at radius 3 is 1.91 bits per heavy atom. The van der Waals surface area contributed by atoms with Crippen molar-refractivity contribution < 1.29 is 16.1 Å². The summed E-state index contributed by atoms with van der Waals surface area (Å²) in [6, 6.07) is 10.1. The first kappa shape index (κ1) is 9.53. The van der Waals surface area contributed by atoms with Gasteiger partial charge in [0.15, 0.2) is 0 Å². The molecule has 0 bridgehead atoms. The molecule has 0 saturated carbocycles. The quantitative estimate of drug-likeness (QED) is 0.569. The van der Waals surface area contributed by atoms with Gasteiger partial charge in [-0.05, 0) is 0 Å². The van der Waals surface area contributed by atoms with E-state index >= 15 is 0 Å². The Labute approximate surface area is 124 Å². The summed E-state index contributed by atoms with van der Waals surface area (Å²) in [5.74, 6) is 1.18. The fourth-order valence-electron chi connectivity index (χ4n) is 19.0. The molecule has 118 valence electrons. The first-order valence-electron chi connectivity index (χ1n) is 9.27. The molecule has 11 rings (SSSR count). The van der Waals surface area contributed by atoms with Gasteiger partial charge in [-0.15, -0.1) is 0 Å². The van der Waals surface area contributed by atoms with E-state index < -0.39 is 6.51 Å². The predicted molar refractivity (Wildman–Crippen MR) is 81.5 cm³/mol. The van der Waals surface area contributed by atoms with Crippen molar-refractivity contribution in [2.45, 2.75) is 60.5 Å². The monoisotopic (exact) mass is 346 g/mol. The van der Waals surface area contributed by atoms with E-state index in [0.717, 1.165) is 50.5 Å². The third kappa shape index (κ3) is 0.122. The second kappa shape index (κ2) is 0.940. The first-order valence-corrected chi connectivity index (χ1v) is 15.5. The zero-order valence-corrected chi connectivity index (χ0v) is 14.0. The van der Waals surface area contributed by atoms with Gasteiger partial charge in [-0.3, -0.25) is 0 Å². The number of rotatable bonds is 4. The van der Waals surface area contributed by atoms with E-state index in [1.54, 1.807) is 0 Å². The van der Waals surface area contributed by atoms with Gasteiger partial charge in [0.05, 0.1) is 0 Å². The van der Waals surface area contributed by atoms with Gasteiger partial charge in [0, 0.05) is 0 Å². The van der Waals surface area contributed by atoms with Gasteiger partial charge in [0.25, 0.3) is 0 Å². The number of carbonyl (C=O) groups excluding carboxylic acids is 2. The fraction of sp³-hybridized carbons (Fsp3) is 0.600. The summed E-state index contributed by atoms with van der Waals surface area (Å²) in [7, 11) is 0. The second-order valence-corrected chi connectivity index (χ2v) is 35.4. The molecule has 10 aliphatic rings. The number of Topliss-reactive ketones (excluding diaryl/α,β-unsaturated/α-hetero) is 2. The maximum atomic E-state index is 13.8. The van der Waals surface area contributed by atoms with E-state index in [-0.39, 0.29) is 8.63 Å². The van der Waals surface area contributed by atoms with Crippen molar-refractivity contribution in [2.75, 3.05) is 0 Å². The van der Waals surface area contributed by atoms with Crippen molar-refractivity contribution in [3.63, 3.8) is 0 Å². The summed E-state index contributed by atoms with van der Waals surface area (Å²) >= 11 is 0. The molecule has 0 aromatic heterocycles. The van der Waals surface area contributed by atoms with Crippen LogP contribution in [0.1, 0.15) is 23.7 Å². The molecule has 1 aromatic carbocycles. The van der Waals surface area contributed by atoms with Crippen molar-refractivity contribution in [3.8, 4) is 0 Å². The fourth-order valence-corrected chi connectivity index (χ4v) is 94.8. The maximum absolute atomic E-state index is 13.8. The SMILES string of the molecule is CCC(=O)[C]12[CH]3[CH]4[CH]5[CH]1[Fe]45321678[CH]2[CH]1[CH]6[C]7(C(=O)c1ccccc1)[CH]28. The van der Waals surface area contributed by atoms with Gasteiger partial charge in [-0.2, -0.15) is 0 Å². The summed E-state index contributed by atoms with van der Waals surface area (Å²) in [4.78, 5) is 34.4. The Morgan fingerprint density at radius 2 is 1.43 bits per heavy atom. The molecule has 8 atom stereocenters. The molecule has 1 aromatic rings. The molecule has 1 spiro atoms. The molecule has 3 heteroatoms. The van der Waals surface area contributed by atoms with Crippen molar-refractivity contribution in [2.24, 2.45) is 0 Å². The molecular weight excluding hydrogens is 328 g/mol. The van der Waals surface area contributed by atoms with Crippen molar-refractivity contribution in [1.82, 2.24) is 0 Å². The van der Waals surface area contributed by atoms with E-state index in [9.17, 15) is 9.59 Å².